The summed E-state index contributed by atoms with van der Waals surface area (Å²) in [5, 5.41) is 4.96. The molecule has 0 radical (unpaired) electrons. The van der Waals surface area contributed by atoms with Crippen molar-refractivity contribution in [3.05, 3.63) is 23.5 Å². The van der Waals surface area contributed by atoms with Crippen molar-refractivity contribution in [2.24, 2.45) is 0 Å². The first-order chi connectivity index (χ1) is 10.3. The van der Waals surface area contributed by atoms with Crippen LogP contribution in [0.1, 0.15) is 41.6 Å². The Hall–Kier alpha value is -2.64. The average Bonchev–Trinajstić information content (AvgIpc) is 2.95. The summed E-state index contributed by atoms with van der Waals surface area (Å²) >= 11 is 0. The van der Waals surface area contributed by atoms with E-state index in [2.05, 4.69) is 15.6 Å². The van der Waals surface area contributed by atoms with E-state index in [4.69, 9.17) is 4.74 Å². The molecule has 8 heteroatoms. The number of aromatic nitrogens is 1. The molecule has 0 unspecified atom stereocenters. The van der Waals surface area contributed by atoms with Crippen LogP contribution < -0.4 is 10.6 Å². The molecule has 0 fully saturated rings. The number of rotatable bonds is 7. The molecule has 1 atom stereocenters. The van der Waals surface area contributed by atoms with Gasteiger partial charge in [-0.05, 0) is 26.8 Å². The van der Waals surface area contributed by atoms with Crippen LogP contribution >= 0.6 is 0 Å². The lowest BCUT2D eigenvalue weighted by Crippen LogP contribution is -2.46. The van der Waals surface area contributed by atoms with Gasteiger partial charge in [0, 0.05) is 18.3 Å². The lowest BCUT2D eigenvalue weighted by Gasteiger charge is -2.13. The molecule has 0 aliphatic rings. The summed E-state index contributed by atoms with van der Waals surface area (Å²) in [6.45, 7) is 4.60. The molecule has 1 rings (SSSR count). The van der Waals surface area contributed by atoms with Gasteiger partial charge in [-0.3, -0.25) is 14.4 Å². The Morgan fingerprint density at radius 2 is 2.00 bits per heavy atom. The smallest absolute Gasteiger partial charge is 0.355 e. The van der Waals surface area contributed by atoms with Crippen LogP contribution in [-0.2, 0) is 14.3 Å². The molecular weight excluding hydrogens is 290 g/mol. The van der Waals surface area contributed by atoms with Crippen molar-refractivity contribution >= 4 is 23.6 Å². The van der Waals surface area contributed by atoms with E-state index < -0.39 is 24.5 Å². The van der Waals surface area contributed by atoms with Crippen LogP contribution in [-0.4, -0.2) is 47.7 Å². The third-order valence-electron chi connectivity index (χ3n) is 2.77. The molecule has 1 heterocycles. The summed E-state index contributed by atoms with van der Waals surface area (Å²) in [5.74, 6) is -1.86. The third-order valence-corrected chi connectivity index (χ3v) is 2.77. The van der Waals surface area contributed by atoms with Crippen LogP contribution in [0.25, 0.3) is 0 Å². The number of hydrogen-bond acceptors (Lipinski definition) is 5. The minimum absolute atomic E-state index is 0.0785. The molecule has 1 aromatic rings. The van der Waals surface area contributed by atoms with Gasteiger partial charge in [0.05, 0.1) is 0 Å². The monoisotopic (exact) mass is 309 g/mol. The van der Waals surface area contributed by atoms with E-state index in [1.165, 1.54) is 26.1 Å². The first-order valence-electron chi connectivity index (χ1n) is 6.78. The molecule has 1 aromatic heterocycles. The van der Waals surface area contributed by atoms with E-state index in [-0.39, 0.29) is 17.4 Å². The van der Waals surface area contributed by atoms with Gasteiger partial charge in [-0.15, -0.1) is 0 Å². The fourth-order valence-corrected chi connectivity index (χ4v) is 1.60. The van der Waals surface area contributed by atoms with Gasteiger partial charge < -0.3 is 20.4 Å². The predicted octanol–water partition coefficient (Wildman–Crippen LogP) is 0.0149. The summed E-state index contributed by atoms with van der Waals surface area (Å²) in [6, 6.07) is 0.626. The fraction of sp³-hybridized carbons (Fsp3) is 0.429. The second-order valence-electron chi connectivity index (χ2n) is 4.62. The number of carbonyl (C=O) groups excluding carboxylic acids is 4. The number of likely N-dealkylation sites (N-methyl/N-ethyl adjacent to an activating group) is 1. The average molecular weight is 309 g/mol. The van der Waals surface area contributed by atoms with Gasteiger partial charge in [0.25, 0.3) is 5.91 Å². The summed E-state index contributed by atoms with van der Waals surface area (Å²) < 4.78 is 4.80. The number of nitrogens with one attached hydrogen (secondary N) is 3. The number of carbonyl (C=O) groups is 4. The zero-order chi connectivity index (χ0) is 16.7. The van der Waals surface area contributed by atoms with E-state index in [1.807, 2.05) is 0 Å². The number of ether oxygens (including phenoxy) is 1. The van der Waals surface area contributed by atoms with Gasteiger partial charge in [0.15, 0.2) is 12.4 Å². The van der Waals surface area contributed by atoms with Crippen molar-refractivity contribution in [2.45, 2.75) is 26.8 Å². The second kappa shape index (κ2) is 7.96. The van der Waals surface area contributed by atoms with Gasteiger partial charge in [-0.1, -0.05) is 0 Å². The first-order valence-corrected chi connectivity index (χ1v) is 6.78. The minimum Gasteiger partial charge on any atom is -0.451 e. The fourth-order valence-electron chi connectivity index (χ4n) is 1.60. The van der Waals surface area contributed by atoms with Gasteiger partial charge >= 0.3 is 5.97 Å². The summed E-state index contributed by atoms with van der Waals surface area (Å²) in [5.41, 5.74) is 0.427. The molecule has 3 N–H and O–H groups in total. The third kappa shape index (κ3) is 5.04. The molecule has 8 nitrogen and oxygen atoms in total. The van der Waals surface area contributed by atoms with Gasteiger partial charge in [0.1, 0.15) is 11.7 Å². The second-order valence-corrected chi connectivity index (χ2v) is 4.62. The van der Waals surface area contributed by atoms with Gasteiger partial charge in [0.2, 0.25) is 5.91 Å². The Bertz CT molecular complexity index is 579. The number of esters is 1. The zero-order valence-electron chi connectivity index (χ0n) is 12.7. The van der Waals surface area contributed by atoms with Crippen LogP contribution in [0.4, 0.5) is 0 Å². The maximum absolute atomic E-state index is 11.7. The molecule has 0 aromatic carbocycles. The first kappa shape index (κ1) is 17.4. The number of aromatic amines is 1. The van der Waals surface area contributed by atoms with Crippen molar-refractivity contribution in [1.29, 1.82) is 0 Å². The Kier molecular flexibility index (Phi) is 6.30. The van der Waals surface area contributed by atoms with E-state index in [9.17, 15) is 19.2 Å². The quantitative estimate of drug-likeness (QED) is 0.484. The molecule has 0 spiro atoms. The van der Waals surface area contributed by atoms with E-state index in [0.29, 0.717) is 12.1 Å². The molecular formula is C14H19N3O5. The van der Waals surface area contributed by atoms with Gasteiger partial charge in [-0.25, -0.2) is 4.79 Å². The maximum atomic E-state index is 11.7. The highest BCUT2D eigenvalue weighted by atomic mass is 16.5. The highest BCUT2D eigenvalue weighted by molar-refractivity contribution is 5.98. The number of H-pyrrole nitrogens is 1. The van der Waals surface area contributed by atoms with Crippen molar-refractivity contribution in [2.75, 3.05) is 13.2 Å². The van der Waals surface area contributed by atoms with Crippen molar-refractivity contribution < 1.29 is 23.9 Å². The number of Topliss-reactive ketones (excluding diaryl/α,β-unsaturated/α-hetero) is 1. The van der Waals surface area contributed by atoms with Crippen LogP contribution in [0.5, 0.6) is 0 Å². The largest absolute Gasteiger partial charge is 0.451 e. The topological polar surface area (TPSA) is 117 Å². The van der Waals surface area contributed by atoms with Gasteiger partial charge in [-0.2, -0.15) is 0 Å². The maximum Gasteiger partial charge on any atom is 0.355 e. The normalized spacial score (nSPS) is 11.4. The molecule has 0 aliphatic carbocycles. The molecule has 0 saturated carbocycles. The summed E-state index contributed by atoms with van der Waals surface area (Å²) in [4.78, 5) is 48.4. The molecule has 120 valence electrons. The van der Waals surface area contributed by atoms with Crippen LogP contribution in [0.15, 0.2) is 12.3 Å². The Morgan fingerprint density at radius 3 is 2.55 bits per heavy atom. The molecule has 0 saturated heterocycles. The minimum atomic E-state index is -0.756. The number of amides is 2. The standard InChI is InChI=1S/C14H19N3O5/c1-4-15-13(20)8(2)17-12(19)7-22-14(21)11-5-10(6-16-11)9(3)18/h5-6,8,16H,4,7H2,1-3H3,(H,15,20)(H,17,19)/t8-/m0/s1. The number of hydrogen-bond donors (Lipinski definition) is 3. The highest BCUT2D eigenvalue weighted by Gasteiger charge is 2.17. The predicted molar refractivity (Wildman–Crippen MR) is 77.4 cm³/mol. The molecule has 0 aliphatic heterocycles. The molecule has 0 bridgehead atoms. The van der Waals surface area contributed by atoms with E-state index in [1.54, 1.807) is 6.92 Å². The molecule has 22 heavy (non-hydrogen) atoms. The SMILES string of the molecule is CCNC(=O)[C@H](C)NC(=O)COC(=O)c1cc(C(C)=O)c[nH]1. The lowest BCUT2D eigenvalue weighted by molar-refractivity contribution is -0.130. The Morgan fingerprint density at radius 1 is 1.32 bits per heavy atom. The summed E-state index contributed by atoms with van der Waals surface area (Å²) in [6.07, 6.45) is 1.39. The van der Waals surface area contributed by atoms with E-state index >= 15 is 0 Å². The highest BCUT2D eigenvalue weighted by Crippen LogP contribution is 2.05. The van der Waals surface area contributed by atoms with Crippen molar-refractivity contribution in [1.82, 2.24) is 15.6 Å². The molecule has 2 amide bonds. The van der Waals surface area contributed by atoms with Crippen molar-refractivity contribution in [3.8, 4) is 0 Å². The zero-order valence-corrected chi connectivity index (χ0v) is 12.7. The van der Waals surface area contributed by atoms with Crippen LogP contribution in [0.3, 0.4) is 0 Å². The lowest BCUT2D eigenvalue weighted by atomic mass is 10.2. The van der Waals surface area contributed by atoms with Crippen LogP contribution in [0, 0.1) is 0 Å². The Balaban J connectivity index is 2.44. The Labute approximate surface area is 127 Å². The van der Waals surface area contributed by atoms with E-state index in [0.717, 1.165) is 0 Å². The summed E-state index contributed by atoms with van der Waals surface area (Å²) in [7, 11) is 0. The van der Waals surface area contributed by atoms with Crippen molar-refractivity contribution in [3.63, 3.8) is 0 Å². The van der Waals surface area contributed by atoms with Crippen LogP contribution in [0.2, 0.25) is 0 Å². The number of ketones is 1.